The van der Waals surface area contributed by atoms with Crippen LogP contribution in [0.4, 0.5) is 0 Å². The predicted molar refractivity (Wildman–Crippen MR) is 185 cm³/mol. The topological polar surface area (TPSA) is 202 Å². The highest BCUT2D eigenvalue weighted by atomic mass is 32.1. The molecule has 254 valence electrons. The van der Waals surface area contributed by atoms with Crippen molar-refractivity contribution in [3.63, 3.8) is 0 Å². The number of thiol groups is 1. The zero-order valence-corrected chi connectivity index (χ0v) is 28.2. The zero-order chi connectivity index (χ0) is 35.9. The third-order valence-electron chi connectivity index (χ3n) is 8.25. The summed E-state index contributed by atoms with van der Waals surface area (Å²) in [4.78, 5) is 63.8. The summed E-state index contributed by atoms with van der Waals surface area (Å²) in [5.41, 5.74) is 10.2. The molecule has 0 aromatic carbocycles. The molecule has 0 bridgehead atoms. The molecule has 0 fully saturated rings. The number of rotatable bonds is 13. The van der Waals surface area contributed by atoms with Gasteiger partial charge in [0.2, 0.25) is 0 Å². The third kappa shape index (κ3) is 8.53. The van der Waals surface area contributed by atoms with E-state index in [0.29, 0.717) is 34.5 Å². The molecule has 0 spiro atoms. The quantitative estimate of drug-likeness (QED) is 0.141. The maximum Gasteiger partial charge on any atom is 0.313 e. The molecule has 4 heterocycles. The molecule has 0 aliphatic carbocycles. The Balaban J connectivity index is 0.00000116. The second-order valence-corrected chi connectivity index (χ2v) is 11.6. The molecule has 0 saturated carbocycles. The van der Waals surface area contributed by atoms with Gasteiger partial charge < -0.3 is 35.9 Å². The summed E-state index contributed by atoms with van der Waals surface area (Å²) in [5, 5.41) is 32.2. The van der Waals surface area contributed by atoms with Gasteiger partial charge in [0.05, 0.1) is 11.4 Å². The molecular weight excluding hydrogens is 636 g/mol. The van der Waals surface area contributed by atoms with Gasteiger partial charge in [0.1, 0.15) is 0 Å². The number of amides is 2. The highest BCUT2D eigenvalue weighted by Gasteiger charge is 2.25. The molecular formula is C35H40N4O8S. The van der Waals surface area contributed by atoms with E-state index < -0.39 is 17.9 Å². The van der Waals surface area contributed by atoms with Gasteiger partial charge in [0.25, 0.3) is 11.8 Å². The van der Waals surface area contributed by atoms with E-state index in [1.54, 1.807) is 13.0 Å². The first-order chi connectivity index (χ1) is 22.6. The van der Waals surface area contributed by atoms with Crippen molar-refractivity contribution >= 4 is 54.5 Å². The van der Waals surface area contributed by atoms with E-state index in [-0.39, 0.29) is 43.3 Å². The maximum atomic E-state index is 12.3. The van der Waals surface area contributed by atoms with Gasteiger partial charge in [-0.05, 0) is 80.5 Å². The molecule has 2 aromatic rings. The number of hydrogen-bond acceptors (Lipinski definition) is 6. The van der Waals surface area contributed by atoms with E-state index in [1.165, 1.54) is 6.08 Å². The summed E-state index contributed by atoms with van der Waals surface area (Å²) in [7, 11) is 0. The minimum absolute atomic E-state index is 0.0688. The SMILES string of the molecule is C=CC1=C(C)/C(=C/c2[nH]c(Cc3[nH]c(/C=C4\NC(=O)C(C)=C4C=C)c(C)c3CCC(=O)O)c(CCC(=O)O)c2C)NC1=O.O=C(O)CS. The average Bonchev–Trinajstić information content (AvgIpc) is 3.67. The van der Waals surface area contributed by atoms with Gasteiger partial charge in [-0.15, -0.1) is 0 Å². The van der Waals surface area contributed by atoms with Crippen LogP contribution in [0.25, 0.3) is 12.2 Å². The zero-order valence-electron chi connectivity index (χ0n) is 27.3. The van der Waals surface area contributed by atoms with Crippen molar-refractivity contribution in [3.05, 3.63) is 104 Å². The monoisotopic (exact) mass is 676 g/mol. The summed E-state index contributed by atoms with van der Waals surface area (Å²) in [6.45, 7) is 14.9. The number of carboxylic acid groups (broad SMARTS) is 3. The molecule has 48 heavy (non-hydrogen) atoms. The van der Waals surface area contributed by atoms with Crippen molar-refractivity contribution in [3.8, 4) is 0 Å². The Morgan fingerprint density at radius 1 is 0.688 bits per heavy atom. The van der Waals surface area contributed by atoms with Crippen LogP contribution < -0.4 is 10.6 Å². The lowest BCUT2D eigenvalue weighted by molar-refractivity contribution is -0.138. The molecule has 7 N–H and O–H groups in total. The van der Waals surface area contributed by atoms with Crippen molar-refractivity contribution < 1.29 is 39.3 Å². The maximum absolute atomic E-state index is 12.3. The Morgan fingerprint density at radius 3 is 1.52 bits per heavy atom. The van der Waals surface area contributed by atoms with Gasteiger partial charge in [-0.25, -0.2) is 0 Å². The highest BCUT2D eigenvalue weighted by Crippen LogP contribution is 2.31. The molecule has 2 aliphatic rings. The fourth-order valence-electron chi connectivity index (χ4n) is 5.61. The lowest BCUT2D eigenvalue weighted by Gasteiger charge is -2.07. The molecule has 0 saturated heterocycles. The van der Waals surface area contributed by atoms with E-state index in [2.05, 4.69) is 46.4 Å². The van der Waals surface area contributed by atoms with E-state index in [9.17, 15) is 34.2 Å². The molecule has 0 unspecified atom stereocenters. The third-order valence-corrected chi connectivity index (χ3v) is 8.52. The van der Waals surface area contributed by atoms with Gasteiger partial charge in [-0.3, -0.25) is 24.0 Å². The Kier molecular flexibility index (Phi) is 12.4. The Morgan fingerprint density at radius 2 is 1.12 bits per heavy atom. The second-order valence-electron chi connectivity index (χ2n) is 11.3. The van der Waals surface area contributed by atoms with Crippen LogP contribution in [0.5, 0.6) is 0 Å². The number of carbonyl (C=O) groups excluding carboxylic acids is 2. The van der Waals surface area contributed by atoms with Crippen LogP contribution in [0.15, 0.2) is 59.0 Å². The summed E-state index contributed by atoms with van der Waals surface area (Å²) in [6, 6.07) is 0. The molecule has 2 aromatic heterocycles. The van der Waals surface area contributed by atoms with Gasteiger partial charge >= 0.3 is 17.9 Å². The number of carboxylic acids is 3. The minimum Gasteiger partial charge on any atom is -0.481 e. The van der Waals surface area contributed by atoms with Crippen molar-refractivity contribution in [2.75, 3.05) is 5.75 Å². The van der Waals surface area contributed by atoms with Gasteiger partial charge in [0.15, 0.2) is 0 Å². The molecule has 2 aliphatic heterocycles. The van der Waals surface area contributed by atoms with Gasteiger partial charge in [-0.1, -0.05) is 25.3 Å². The van der Waals surface area contributed by atoms with Crippen molar-refractivity contribution in [2.45, 2.75) is 59.8 Å². The Labute approximate surface area is 283 Å². The van der Waals surface area contributed by atoms with Crippen molar-refractivity contribution in [2.24, 2.45) is 0 Å². The molecule has 0 atom stereocenters. The smallest absolute Gasteiger partial charge is 0.313 e. The fraction of sp³-hybridized carbons (Fsp3) is 0.286. The van der Waals surface area contributed by atoms with Crippen LogP contribution in [-0.2, 0) is 43.2 Å². The van der Waals surface area contributed by atoms with Crippen LogP contribution in [0.2, 0.25) is 0 Å². The second kappa shape index (κ2) is 16.0. The number of H-pyrrole nitrogens is 2. The number of aromatic amines is 2. The molecule has 4 rings (SSSR count). The van der Waals surface area contributed by atoms with E-state index in [1.807, 2.05) is 32.9 Å². The number of nitrogens with one attached hydrogen (secondary N) is 4. The summed E-state index contributed by atoms with van der Waals surface area (Å²) < 4.78 is 0. The Hall–Kier alpha value is -5.30. The summed E-state index contributed by atoms with van der Waals surface area (Å²) in [5.74, 6) is -3.24. The highest BCUT2D eigenvalue weighted by molar-refractivity contribution is 7.81. The summed E-state index contributed by atoms with van der Waals surface area (Å²) >= 11 is 3.42. The first-order valence-electron chi connectivity index (χ1n) is 15.0. The van der Waals surface area contributed by atoms with Crippen LogP contribution in [-0.4, -0.2) is 60.8 Å². The first-order valence-corrected chi connectivity index (χ1v) is 15.7. The molecule has 0 radical (unpaired) electrons. The number of aromatic nitrogens is 2. The van der Waals surface area contributed by atoms with Crippen LogP contribution in [0.3, 0.4) is 0 Å². The van der Waals surface area contributed by atoms with Crippen LogP contribution in [0.1, 0.15) is 71.7 Å². The lowest BCUT2D eigenvalue weighted by atomic mass is 9.98. The molecule has 13 heteroatoms. The number of carbonyl (C=O) groups is 5. The van der Waals surface area contributed by atoms with E-state index in [4.69, 9.17) is 5.11 Å². The molecule has 12 nitrogen and oxygen atoms in total. The average molecular weight is 677 g/mol. The van der Waals surface area contributed by atoms with E-state index >= 15 is 0 Å². The fourth-order valence-corrected chi connectivity index (χ4v) is 5.61. The normalized spacial score (nSPS) is 15.9. The van der Waals surface area contributed by atoms with Crippen LogP contribution >= 0.6 is 12.6 Å². The number of aliphatic carboxylic acids is 3. The minimum atomic E-state index is -0.922. The lowest BCUT2D eigenvalue weighted by Crippen LogP contribution is -2.15. The predicted octanol–water partition coefficient (Wildman–Crippen LogP) is 4.53. The van der Waals surface area contributed by atoms with Crippen molar-refractivity contribution in [1.29, 1.82) is 0 Å². The van der Waals surface area contributed by atoms with Crippen LogP contribution in [0, 0.1) is 13.8 Å². The first kappa shape index (κ1) is 37.2. The van der Waals surface area contributed by atoms with Gasteiger partial charge in [0, 0.05) is 64.5 Å². The standard InChI is InChI=1S/C33H36N4O6.C2H4O2S/c1-7-20-19(6)32(42)37-27(20)14-25-18(5)23(10-12-31(40)41)29(35-25)15-28-22(9-11-30(38)39)17(4)24(34-28)13-26-16(3)21(8-2)33(43)36-26;3-2(4)1-5/h7-8,13-14,34-35H,1-2,9-12,15H2,3-6H3,(H,36,43)(H,37,42)(H,38,39)(H,40,41);5H,1H2,(H,3,4)/b26-13-,27-14-;. The number of hydrogen-bond donors (Lipinski definition) is 8. The summed E-state index contributed by atoms with van der Waals surface area (Å²) in [6.07, 6.45) is 7.58. The van der Waals surface area contributed by atoms with Gasteiger partial charge in [-0.2, -0.15) is 12.6 Å². The molecule has 2 amide bonds. The van der Waals surface area contributed by atoms with Crippen molar-refractivity contribution in [1.82, 2.24) is 20.6 Å². The number of allylic oxidation sites excluding steroid dienone is 2. The largest absolute Gasteiger partial charge is 0.481 e. The van der Waals surface area contributed by atoms with E-state index in [0.717, 1.165) is 50.6 Å². The Bertz CT molecular complexity index is 1830.